The number of benzene rings is 1. The van der Waals surface area contributed by atoms with E-state index in [0.717, 1.165) is 17.8 Å². The second-order valence-electron chi connectivity index (χ2n) is 3.54. The van der Waals surface area contributed by atoms with Crippen LogP contribution in [0, 0.1) is 11.6 Å². The molecule has 1 aromatic carbocycles. The Morgan fingerprint density at radius 2 is 1.94 bits per heavy atom. The van der Waals surface area contributed by atoms with Crippen LogP contribution < -0.4 is 5.32 Å². The van der Waals surface area contributed by atoms with E-state index < -0.39 is 17.7 Å². The minimum atomic E-state index is -1.21. The first kappa shape index (κ1) is 12.0. The van der Waals surface area contributed by atoms with Crippen LogP contribution in [-0.4, -0.2) is 11.7 Å². The maximum Gasteiger partial charge on any atom is 0.132 e. The third-order valence-electron chi connectivity index (χ3n) is 2.35. The molecule has 1 aromatic heterocycles. The van der Waals surface area contributed by atoms with Crippen molar-refractivity contribution in [2.45, 2.75) is 6.10 Å². The number of thiophene rings is 1. The number of halogens is 2. The number of nitrogens with one attached hydrogen (secondary N) is 1. The Bertz CT molecular complexity index is 467. The molecule has 0 fully saturated rings. The van der Waals surface area contributed by atoms with Gasteiger partial charge in [0.1, 0.15) is 17.7 Å². The van der Waals surface area contributed by atoms with Crippen LogP contribution in [0.1, 0.15) is 11.7 Å². The summed E-state index contributed by atoms with van der Waals surface area (Å²) in [6.45, 7) is 0.0641. The molecule has 1 atom stereocenters. The Hall–Kier alpha value is -1.46. The summed E-state index contributed by atoms with van der Waals surface area (Å²) in [5.41, 5.74) is 0.529. The van der Waals surface area contributed by atoms with E-state index >= 15 is 0 Å². The molecule has 17 heavy (non-hydrogen) atoms. The summed E-state index contributed by atoms with van der Waals surface area (Å²) in [5.74, 6) is -1.46. The van der Waals surface area contributed by atoms with Crippen LogP contribution in [0.2, 0.25) is 0 Å². The molecule has 0 saturated carbocycles. The first-order valence-corrected chi connectivity index (χ1v) is 6.01. The quantitative estimate of drug-likeness (QED) is 0.879. The van der Waals surface area contributed by atoms with E-state index in [2.05, 4.69) is 5.32 Å². The zero-order chi connectivity index (χ0) is 12.3. The van der Waals surface area contributed by atoms with Gasteiger partial charge in [0.2, 0.25) is 0 Å². The summed E-state index contributed by atoms with van der Waals surface area (Å²) in [6, 6.07) is 5.36. The summed E-state index contributed by atoms with van der Waals surface area (Å²) in [7, 11) is 0. The third kappa shape index (κ3) is 2.81. The maximum atomic E-state index is 13.3. The van der Waals surface area contributed by atoms with Gasteiger partial charge in [0, 0.05) is 17.6 Å². The van der Waals surface area contributed by atoms with Crippen molar-refractivity contribution in [3.63, 3.8) is 0 Å². The molecule has 0 radical (unpaired) electrons. The van der Waals surface area contributed by atoms with Crippen LogP contribution in [0.5, 0.6) is 0 Å². The molecular weight excluding hydrogens is 244 g/mol. The van der Waals surface area contributed by atoms with Gasteiger partial charge in [-0.3, -0.25) is 0 Å². The van der Waals surface area contributed by atoms with E-state index in [-0.39, 0.29) is 12.1 Å². The number of hydrogen-bond acceptors (Lipinski definition) is 3. The summed E-state index contributed by atoms with van der Waals surface area (Å²) in [4.78, 5) is 0. The number of hydrogen-bond donors (Lipinski definition) is 2. The first-order chi connectivity index (χ1) is 8.18. The molecule has 0 saturated heterocycles. The summed E-state index contributed by atoms with van der Waals surface area (Å²) < 4.78 is 26.7. The predicted molar refractivity (Wildman–Crippen MR) is 64.1 cm³/mol. The number of rotatable bonds is 4. The highest BCUT2D eigenvalue weighted by Gasteiger charge is 2.17. The fraction of sp³-hybridized carbons (Fsp3) is 0.167. The zero-order valence-corrected chi connectivity index (χ0v) is 9.68. The fourth-order valence-electron chi connectivity index (χ4n) is 1.51. The van der Waals surface area contributed by atoms with Crippen molar-refractivity contribution >= 4 is 17.0 Å². The van der Waals surface area contributed by atoms with Crippen molar-refractivity contribution in [1.82, 2.24) is 0 Å². The van der Waals surface area contributed by atoms with Gasteiger partial charge in [-0.15, -0.1) is 0 Å². The second-order valence-corrected chi connectivity index (χ2v) is 4.32. The van der Waals surface area contributed by atoms with Gasteiger partial charge in [-0.05, 0) is 23.6 Å². The van der Waals surface area contributed by atoms with Crippen LogP contribution in [0.15, 0.2) is 35.0 Å². The molecule has 0 bridgehead atoms. The highest BCUT2D eigenvalue weighted by molar-refractivity contribution is 7.08. The van der Waals surface area contributed by atoms with E-state index in [1.165, 1.54) is 17.4 Å². The van der Waals surface area contributed by atoms with E-state index in [0.29, 0.717) is 0 Å². The molecule has 2 aromatic rings. The molecule has 0 amide bonds. The number of aliphatic hydroxyl groups excluding tert-OH is 1. The molecule has 0 aliphatic rings. The van der Waals surface area contributed by atoms with Gasteiger partial charge in [0.05, 0.1) is 5.56 Å². The average Bonchev–Trinajstić information content (AvgIpc) is 2.79. The summed E-state index contributed by atoms with van der Waals surface area (Å²) in [6.07, 6.45) is -1.21. The summed E-state index contributed by atoms with van der Waals surface area (Å²) in [5, 5.41) is 16.4. The molecule has 90 valence electrons. The van der Waals surface area contributed by atoms with Gasteiger partial charge < -0.3 is 10.4 Å². The van der Waals surface area contributed by atoms with E-state index in [4.69, 9.17) is 0 Å². The van der Waals surface area contributed by atoms with Gasteiger partial charge in [-0.2, -0.15) is 11.3 Å². The fourth-order valence-corrected chi connectivity index (χ4v) is 2.12. The molecule has 2 N–H and O–H groups in total. The molecule has 2 nitrogen and oxygen atoms in total. The molecule has 0 spiro atoms. The van der Waals surface area contributed by atoms with Crippen molar-refractivity contribution < 1.29 is 13.9 Å². The molecule has 0 aliphatic carbocycles. The lowest BCUT2D eigenvalue weighted by Crippen LogP contribution is -2.14. The minimum Gasteiger partial charge on any atom is -0.386 e. The Morgan fingerprint density at radius 1 is 1.24 bits per heavy atom. The van der Waals surface area contributed by atoms with Crippen molar-refractivity contribution in [2.24, 2.45) is 0 Å². The van der Waals surface area contributed by atoms with Crippen LogP contribution in [0.4, 0.5) is 14.5 Å². The zero-order valence-electron chi connectivity index (χ0n) is 8.86. The Morgan fingerprint density at radius 3 is 2.53 bits per heavy atom. The Labute approximate surface area is 102 Å². The minimum absolute atomic E-state index is 0.0641. The van der Waals surface area contributed by atoms with Crippen LogP contribution >= 0.6 is 11.3 Å². The Kier molecular flexibility index (Phi) is 3.71. The largest absolute Gasteiger partial charge is 0.386 e. The molecule has 1 heterocycles. The van der Waals surface area contributed by atoms with Gasteiger partial charge in [-0.25, -0.2) is 8.78 Å². The SMILES string of the molecule is OC(CNc1ccsc1)c1c(F)cccc1F. The second kappa shape index (κ2) is 5.25. The van der Waals surface area contributed by atoms with Crippen molar-refractivity contribution in [3.8, 4) is 0 Å². The predicted octanol–water partition coefficient (Wildman–Crippen LogP) is 3.17. The lowest BCUT2D eigenvalue weighted by atomic mass is 10.1. The van der Waals surface area contributed by atoms with Gasteiger partial charge in [0.25, 0.3) is 0 Å². The van der Waals surface area contributed by atoms with Crippen molar-refractivity contribution in [3.05, 3.63) is 52.2 Å². The molecular formula is C12H11F2NOS. The molecule has 2 rings (SSSR count). The Balaban J connectivity index is 2.07. The topological polar surface area (TPSA) is 32.3 Å². The van der Waals surface area contributed by atoms with E-state index in [1.807, 2.05) is 16.8 Å². The maximum absolute atomic E-state index is 13.3. The monoisotopic (exact) mass is 255 g/mol. The lowest BCUT2D eigenvalue weighted by molar-refractivity contribution is 0.181. The average molecular weight is 255 g/mol. The first-order valence-electron chi connectivity index (χ1n) is 5.06. The van der Waals surface area contributed by atoms with Gasteiger partial charge in [0.15, 0.2) is 0 Å². The molecule has 5 heteroatoms. The van der Waals surface area contributed by atoms with Crippen LogP contribution in [-0.2, 0) is 0 Å². The number of aliphatic hydroxyl groups is 1. The highest BCUT2D eigenvalue weighted by atomic mass is 32.1. The van der Waals surface area contributed by atoms with E-state index in [1.54, 1.807) is 0 Å². The van der Waals surface area contributed by atoms with Gasteiger partial charge in [-0.1, -0.05) is 6.07 Å². The highest BCUT2D eigenvalue weighted by Crippen LogP contribution is 2.21. The summed E-state index contributed by atoms with van der Waals surface area (Å²) >= 11 is 1.50. The standard InChI is InChI=1S/C12H11F2NOS/c13-9-2-1-3-10(14)12(9)11(16)6-15-8-4-5-17-7-8/h1-5,7,11,15-16H,6H2. The lowest BCUT2D eigenvalue weighted by Gasteiger charge is -2.13. The van der Waals surface area contributed by atoms with Crippen LogP contribution in [0.3, 0.4) is 0 Å². The molecule has 0 aliphatic heterocycles. The van der Waals surface area contributed by atoms with Gasteiger partial charge >= 0.3 is 0 Å². The van der Waals surface area contributed by atoms with Crippen molar-refractivity contribution in [2.75, 3.05) is 11.9 Å². The molecule has 1 unspecified atom stereocenters. The smallest absolute Gasteiger partial charge is 0.132 e. The van der Waals surface area contributed by atoms with Crippen LogP contribution in [0.25, 0.3) is 0 Å². The number of anilines is 1. The van der Waals surface area contributed by atoms with Crippen molar-refractivity contribution in [1.29, 1.82) is 0 Å². The third-order valence-corrected chi connectivity index (χ3v) is 3.04. The normalized spacial score (nSPS) is 12.4. The van der Waals surface area contributed by atoms with E-state index in [9.17, 15) is 13.9 Å².